The number of amides is 1. The smallest absolute Gasteiger partial charge is 0.315 e. The molecular formula is C22H27BrF3N3O4S. The molecule has 7 nitrogen and oxygen atoms in total. The second kappa shape index (κ2) is 16.3. The second-order valence-corrected chi connectivity index (χ2v) is 8.88. The largest absolute Gasteiger partial charge is 0.457 e. The summed E-state index contributed by atoms with van der Waals surface area (Å²) in [4.78, 5) is 25.4. The Hall–Kier alpha value is -2.31. The van der Waals surface area contributed by atoms with Gasteiger partial charge in [0.15, 0.2) is 0 Å². The Morgan fingerprint density at radius 2 is 1.79 bits per heavy atom. The molecule has 3 N–H and O–H groups in total. The number of alkyl halides is 4. The first-order valence-corrected chi connectivity index (χ1v) is 12.9. The third-order valence-electron chi connectivity index (χ3n) is 4.27. The van der Waals surface area contributed by atoms with Crippen LogP contribution in [0.2, 0.25) is 0 Å². The lowest BCUT2D eigenvalue weighted by molar-refractivity contribution is -0.150. The zero-order valence-electron chi connectivity index (χ0n) is 18.5. The zero-order valence-corrected chi connectivity index (χ0v) is 20.9. The maximum absolute atomic E-state index is 12.9. The van der Waals surface area contributed by atoms with E-state index < -0.39 is 36.1 Å². The van der Waals surface area contributed by atoms with Crippen LogP contribution in [-0.2, 0) is 31.9 Å². The van der Waals surface area contributed by atoms with E-state index >= 15 is 0 Å². The van der Waals surface area contributed by atoms with Gasteiger partial charge in [-0.3, -0.25) is 19.0 Å². The van der Waals surface area contributed by atoms with Crippen molar-refractivity contribution in [3.05, 3.63) is 53.9 Å². The molecule has 2 unspecified atom stereocenters. The van der Waals surface area contributed by atoms with Crippen LogP contribution in [0.1, 0.15) is 36.6 Å². The number of hydrogen-bond acceptors (Lipinski definition) is 5. The summed E-state index contributed by atoms with van der Waals surface area (Å²) in [5, 5.41) is 0.726. The molecule has 0 aliphatic carbocycles. The molecule has 1 aromatic carbocycles. The first-order valence-electron chi connectivity index (χ1n) is 10.2. The normalized spacial score (nSPS) is 12.4. The van der Waals surface area contributed by atoms with Gasteiger partial charge in [0.2, 0.25) is 0 Å². The van der Waals surface area contributed by atoms with E-state index in [1.807, 2.05) is 36.4 Å². The Labute approximate surface area is 207 Å². The number of esters is 1. The van der Waals surface area contributed by atoms with E-state index in [2.05, 4.69) is 31.4 Å². The molecule has 0 bridgehead atoms. The predicted molar refractivity (Wildman–Crippen MR) is 128 cm³/mol. The summed E-state index contributed by atoms with van der Waals surface area (Å²) < 4.78 is 53.6. The zero-order chi connectivity index (χ0) is 25.5. The average molecular weight is 566 g/mol. The van der Waals surface area contributed by atoms with Gasteiger partial charge >= 0.3 is 12.4 Å². The van der Waals surface area contributed by atoms with Crippen molar-refractivity contribution < 1.29 is 31.7 Å². The van der Waals surface area contributed by atoms with Gasteiger partial charge in [-0.25, -0.2) is 8.93 Å². The molecule has 0 aliphatic heterocycles. The highest BCUT2D eigenvalue weighted by Gasteiger charge is 2.17. The van der Waals surface area contributed by atoms with Gasteiger partial charge in [-0.05, 0) is 23.6 Å². The third kappa shape index (κ3) is 11.7. The van der Waals surface area contributed by atoms with E-state index in [1.54, 1.807) is 12.5 Å². The van der Waals surface area contributed by atoms with E-state index in [9.17, 15) is 27.0 Å². The number of nitrogens with one attached hydrogen (secondary N) is 1. The minimum absolute atomic E-state index is 0.140. The summed E-state index contributed by atoms with van der Waals surface area (Å²) in [5.41, 5.74) is 7.51. The van der Waals surface area contributed by atoms with Gasteiger partial charge in [-0.15, -0.1) is 0 Å². The quantitative estimate of drug-likeness (QED) is 0.298. The molecule has 0 spiro atoms. The molecule has 2 rings (SSSR count). The van der Waals surface area contributed by atoms with Crippen LogP contribution in [0, 0.1) is 0 Å². The Morgan fingerprint density at radius 1 is 1.18 bits per heavy atom. The molecule has 0 radical (unpaired) electrons. The SMILES string of the molecule is CS(=O)NCc1ccc(-c2ccc(C(CCF)OC(=O)CCCBr)cc2)cn1.NC(=O)C(F)F. The number of nitrogens with two attached hydrogens (primary N) is 1. The predicted octanol–water partition coefficient (Wildman–Crippen LogP) is 3.99. The molecule has 0 fully saturated rings. The number of halogens is 4. The van der Waals surface area contributed by atoms with Crippen LogP contribution in [0.5, 0.6) is 0 Å². The van der Waals surface area contributed by atoms with Gasteiger partial charge < -0.3 is 10.5 Å². The Kier molecular flexibility index (Phi) is 14.3. The molecule has 0 aliphatic rings. The number of benzene rings is 1. The van der Waals surface area contributed by atoms with Gasteiger partial charge in [0, 0.05) is 36.2 Å². The van der Waals surface area contributed by atoms with Crippen molar-refractivity contribution in [3.63, 3.8) is 0 Å². The first kappa shape index (κ1) is 29.7. The molecule has 1 heterocycles. The van der Waals surface area contributed by atoms with Gasteiger partial charge in [-0.2, -0.15) is 8.78 Å². The summed E-state index contributed by atoms with van der Waals surface area (Å²) in [6.07, 6.45) is 0.877. The van der Waals surface area contributed by atoms with Crippen molar-refractivity contribution in [2.45, 2.75) is 38.3 Å². The fourth-order valence-electron chi connectivity index (χ4n) is 2.59. The third-order valence-corrected chi connectivity index (χ3v) is 5.38. The summed E-state index contributed by atoms with van der Waals surface area (Å²) in [5.74, 6) is -1.89. The van der Waals surface area contributed by atoms with Gasteiger partial charge in [0.1, 0.15) is 6.10 Å². The van der Waals surface area contributed by atoms with Crippen molar-refractivity contribution in [1.82, 2.24) is 9.71 Å². The number of ether oxygens (including phenoxy) is 1. The van der Waals surface area contributed by atoms with Gasteiger partial charge in [0.25, 0.3) is 5.91 Å². The van der Waals surface area contributed by atoms with Gasteiger partial charge in [-0.1, -0.05) is 46.3 Å². The highest BCUT2D eigenvalue weighted by Crippen LogP contribution is 2.26. The summed E-state index contributed by atoms with van der Waals surface area (Å²) >= 11 is 3.28. The minimum atomic E-state index is -3.01. The van der Waals surface area contributed by atoms with Crippen molar-refractivity contribution >= 4 is 38.8 Å². The molecular weight excluding hydrogens is 539 g/mol. The summed E-state index contributed by atoms with van der Waals surface area (Å²) in [6.45, 7) is -0.117. The summed E-state index contributed by atoms with van der Waals surface area (Å²) in [7, 11) is -1.08. The van der Waals surface area contributed by atoms with Crippen LogP contribution >= 0.6 is 15.9 Å². The number of carbonyl (C=O) groups excluding carboxylic acids is 2. The topological polar surface area (TPSA) is 111 Å². The molecule has 2 aromatic rings. The molecule has 2 atom stereocenters. The van der Waals surface area contributed by atoms with Crippen LogP contribution < -0.4 is 10.5 Å². The van der Waals surface area contributed by atoms with Crippen LogP contribution in [0.3, 0.4) is 0 Å². The number of primary amides is 1. The highest BCUT2D eigenvalue weighted by molar-refractivity contribution is 9.09. The number of aromatic nitrogens is 1. The second-order valence-electron chi connectivity index (χ2n) is 6.89. The van der Waals surface area contributed by atoms with Crippen LogP contribution in [0.25, 0.3) is 11.1 Å². The molecule has 1 amide bonds. The lowest BCUT2D eigenvalue weighted by Crippen LogP contribution is -2.19. The number of carbonyl (C=O) groups is 2. The minimum Gasteiger partial charge on any atom is -0.457 e. The summed E-state index contributed by atoms with van der Waals surface area (Å²) in [6, 6.07) is 11.3. The fraction of sp³-hybridized carbons (Fsp3) is 0.409. The van der Waals surface area contributed by atoms with E-state index in [4.69, 9.17) is 4.74 Å². The Bertz CT molecular complexity index is 919. The first-order chi connectivity index (χ1) is 16.2. The Balaban J connectivity index is 0.000000852. The number of pyridine rings is 1. The van der Waals surface area contributed by atoms with Crippen molar-refractivity contribution in [1.29, 1.82) is 0 Å². The number of rotatable bonds is 12. The monoisotopic (exact) mass is 565 g/mol. The Morgan fingerprint density at radius 3 is 2.26 bits per heavy atom. The lowest BCUT2D eigenvalue weighted by atomic mass is 10.0. The molecule has 0 saturated heterocycles. The van der Waals surface area contributed by atoms with Crippen LogP contribution in [-0.4, -0.2) is 45.8 Å². The van der Waals surface area contributed by atoms with E-state index in [0.29, 0.717) is 19.4 Å². The maximum Gasteiger partial charge on any atom is 0.315 e. The number of nitrogens with zero attached hydrogens (tertiary/aromatic N) is 1. The lowest BCUT2D eigenvalue weighted by Gasteiger charge is -2.17. The molecule has 1 aromatic heterocycles. The van der Waals surface area contributed by atoms with E-state index in [-0.39, 0.29) is 12.4 Å². The van der Waals surface area contributed by atoms with Crippen LogP contribution in [0.15, 0.2) is 42.6 Å². The molecule has 0 saturated carbocycles. The fourth-order valence-corrected chi connectivity index (χ4v) is 3.22. The van der Waals surface area contributed by atoms with Crippen molar-refractivity contribution in [2.24, 2.45) is 5.73 Å². The number of hydrogen-bond donors (Lipinski definition) is 2. The molecule has 188 valence electrons. The van der Waals surface area contributed by atoms with Crippen LogP contribution in [0.4, 0.5) is 13.2 Å². The van der Waals surface area contributed by atoms with E-state index in [0.717, 1.165) is 27.7 Å². The standard InChI is InChI=1S/C20H24BrFN2O3S.C2H3F2NO/c1-28(26)24-14-18-9-8-17(13-23-18)15-4-6-16(7-5-15)19(10-12-22)27-20(25)3-2-11-21;3-1(4)2(5)6/h4-9,13,19,24H,2-3,10-12,14H2,1H3;1H,(H2,5,6). The average Bonchev–Trinajstić information content (AvgIpc) is 2.82. The van der Waals surface area contributed by atoms with Crippen molar-refractivity contribution in [3.8, 4) is 11.1 Å². The maximum atomic E-state index is 12.9. The molecule has 34 heavy (non-hydrogen) atoms. The molecule has 12 heteroatoms. The van der Waals surface area contributed by atoms with E-state index in [1.165, 1.54) is 0 Å². The highest BCUT2D eigenvalue weighted by atomic mass is 79.9. The van der Waals surface area contributed by atoms with Gasteiger partial charge in [0.05, 0.1) is 29.9 Å². The van der Waals surface area contributed by atoms with Crippen molar-refractivity contribution in [2.75, 3.05) is 18.3 Å².